The highest BCUT2D eigenvalue weighted by atomic mass is 32.1. The number of rotatable bonds is 9. The maximum absolute atomic E-state index is 12.6. The Kier molecular flexibility index (Phi) is 6.79. The van der Waals surface area contributed by atoms with Gasteiger partial charge in [0.25, 0.3) is 5.91 Å². The van der Waals surface area contributed by atoms with Crippen LogP contribution in [-0.2, 0) is 9.47 Å². The van der Waals surface area contributed by atoms with Gasteiger partial charge in [0.05, 0.1) is 47.7 Å². The lowest BCUT2D eigenvalue weighted by atomic mass is 10.2. The number of nitrogens with zero attached hydrogens (tertiary/aromatic N) is 3. The van der Waals surface area contributed by atoms with Gasteiger partial charge in [-0.25, -0.2) is 9.67 Å². The van der Waals surface area contributed by atoms with Crippen LogP contribution in [0.1, 0.15) is 15.2 Å². The molecule has 3 heterocycles. The van der Waals surface area contributed by atoms with Crippen molar-refractivity contribution in [2.24, 2.45) is 0 Å². The first-order valence-corrected chi connectivity index (χ1v) is 10.9. The van der Waals surface area contributed by atoms with Gasteiger partial charge in [0.2, 0.25) is 5.88 Å². The number of aryl methyl sites for hydroxylation is 1. The quantitative estimate of drug-likeness (QED) is 0.413. The van der Waals surface area contributed by atoms with Crippen LogP contribution in [0, 0.1) is 6.92 Å². The summed E-state index contributed by atoms with van der Waals surface area (Å²) in [5, 5.41) is 10.2. The van der Waals surface area contributed by atoms with Gasteiger partial charge in [-0.3, -0.25) is 4.79 Å². The first-order valence-electron chi connectivity index (χ1n) is 10.0. The summed E-state index contributed by atoms with van der Waals surface area (Å²) in [6, 6.07) is 11.2. The van der Waals surface area contributed by atoms with Crippen molar-refractivity contribution in [3.8, 4) is 17.3 Å². The predicted molar refractivity (Wildman–Crippen MR) is 123 cm³/mol. The molecule has 9 heteroatoms. The first-order chi connectivity index (χ1) is 15.6. The molecule has 0 spiro atoms. The normalized spacial score (nSPS) is 11.2. The fourth-order valence-electron chi connectivity index (χ4n) is 3.30. The van der Waals surface area contributed by atoms with E-state index in [-0.39, 0.29) is 11.9 Å². The van der Waals surface area contributed by atoms with Crippen molar-refractivity contribution in [2.75, 3.05) is 27.4 Å². The Labute approximate surface area is 189 Å². The average molecular weight is 453 g/mol. The number of aromatic nitrogens is 3. The number of hydrogen-bond donors (Lipinski definition) is 1. The second-order valence-corrected chi connectivity index (χ2v) is 8.17. The van der Waals surface area contributed by atoms with Crippen LogP contribution in [0.2, 0.25) is 0 Å². The van der Waals surface area contributed by atoms with Crippen LogP contribution >= 0.6 is 11.3 Å². The monoisotopic (exact) mass is 452 g/mol. The van der Waals surface area contributed by atoms with Gasteiger partial charge in [-0.1, -0.05) is 18.2 Å². The number of pyridine rings is 1. The van der Waals surface area contributed by atoms with E-state index >= 15 is 0 Å². The van der Waals surface area contributed by atoms with Crippen LogP contribution < -0.4 is 10.1 Å². The minimum Gasteiger partial charge on any atom is -0.439 e. The summed E-state index contributed by atoms with van der Waals surface area (Å²) in [7, 11) is 3.18. The van der Waals surface area contributed by atoms with Gasteiger partial charge in [-0.05, 0) is 24.6 Å². The summed E-state index contributed by atoms with van der Waals surface area (Å²) in [6.07, 6.45) is 3.48. The maximum Gasteiger partial charge on any atom is 0.261 e. The van der Waals surface area contributed by atoms with Gasteiger partial charge in [0, 0.05) is 31.1 Å². The number of nitrogens with one attached hydrogen (secondary N) is 1. The Bertz CT molecular complexity index is 1210. The molecule has 0 bridgehead atoms. The number of fused-ring (bicyclic) bond motifs is 1. The van der Waals surface area contributed by atoms with E-state index < -0.39 is 0 Å². The van der Waals surface area contributed by atoms with Crippen molar-refractivity contribution >= 4 is 28.1 Å². The Balaban J connectivity index is 1.52. The molecule has 8 nitrogen and oxygen atoms in total. The minimum absolute atomic E-state index is 0.177. The zero-order valence-corrected chi connectivity index (χ0v) is 18.9. The van der Waals surface area contributed by atoms with Crippen LogP contribution in [-0.4, -0.2) is 54.1 Å². The topological polar surface area (TPSA) is 87.5 Å². The van der Waals surface area contributed by atoms with Crippen molar-refractivity contribution in [3.63, 3.8) is 0 Å². The van der Waals surface area contributed by atoms with Gasteiger partial charge in [0.15, 0.2) is 0 Å². The number of ether oxygens (including phenoxy) is 3. The van der Waals surface area contributed by atoms with Crippen molar-refractivity contribution < 1.29 is 19.0 Å². The molecule has 3 aromatic heterocycles. The third-order valence-corrected chi connectivity index (χ3v) is 5.78. The van der Waals surface area contributed by atoms with E-state index in [9.17, 15) is 4.79 Å². The first kappa shape index (κ1) is 21.9. The summed E-state index contributed by atoms with van der Waals surface area (Å²) in [5.74, 6) is 1.09. The third-order valence-electron chi connectivity index (χ3n) is 4.86. The summed E-state index contributed by atoms with van der Waals surface area (Å²) in [6.45, 7) is 2.74. The Morgan fingerprint density at radius 1 is 1.16 bits per heavy atom. The fourth-order valence-corrected chi connectivity index (χ4v) is 4.07. The number of amides is 1. The number of hydrogen-bond acceptors (Lipinski definition) is 7. The standard InChI is InChI=1S/C23H24N4O4S/c1-15-6-4-5-7-20(15)31-22-8-16-10-25-27(19(16)11-24-22)18-9-21(32-14-18)23(28)26-17(12-29-2)13-30-3/h4-11,14,17H,12-13H2,1-3H3,(H,26,28). The molecular weight excluding hydrogens is 428 g/mol. The minimum atomic E-state index is -0.218. The second-order valence-electron chi connectivity index (χ2n) is 7.26. The molecule has 0 aliphatic rings. The van der Waals surface area contributed by atoms with Crippen LogP contribution in [0.5, 0.6) is 11.6 Å². The van der Waals surface area contributed by atoms with Gasteiger partial charge in [-0.15, -0.1) is 11.3 Å². The average Bonchev–Trinajstić information content (AvgIpc) is 3.42. The van der Waals surface area contributed by atoms with Crippen LogP contribution in [0.3, 0.4) is 0 Å². The molecular formula is C23H24N4O4S. The molecule has 0 unspecified atom stereocenters. The zero-order valence-electron chi connectivity index (χ0n) is 18.1. The zero-order chi connectivity index (χ0) is 22.5. The summed E-state index contributed by atoms with van der Waals surface area (Å²) in [5.41, 5.74) is 2.65. The van der Waals surface area contributed by atoms with Gasteiger partial charge < -0.3 is 19.5 Å². The van der Waals surface area contributed by atoms with Gasteiger partial charge in [0.1, 0.15) is 5.75 Å². The molecule has 1 amide bonds. The Morgan fingerprint density at radius 3 is 2.69 bits per heavy atom. The smallest absolute Gasteiger partial charge is 0.261 e. The third kappa shape index (κ3) is 4.80. The van der Waals surface area contributed by atoms with E-state index in [1.807, 2.05) is 42.6 Å². The Morgan fingerprint density at radius 2 is 1.94 bits per heavy atom. The molecule has 0 saturated carbocycles. The predicted octanol–water partition coefficient (Wildman–Crippen LogP) is 3.97. The van der Waals surface area contributed by atoms with Crippen LogP contribution in [0.4, 0.5) is 0 Å². The molecule has 0 aliphatic carbocycles. The SMILES string of the molecule is COCC(COC)NC(=O)c1cc(-n2ncc3cc(Oc4ccccc4C)ncc32)cs1. The molecule has 0 saturated heterocycles. The van der Waals surface area contributed by atoms with E-state index in [4.69, 9.17) is 14.2 Å². The number of methoxy groups -OCH3 is 2. The second kappa shape index (κ2) is 9.90. The number of carbonyl (C=O) groups excluding carboxylic acids is 1. The molecule has 0 atom stereocenters. The molecule has 0 fully saturated rings. The highest BCUT2D eigenvalue weighted by Crippen LogP contribution is 2.27. The molecule has 1 N–H and O–H groups in total. The molecule has 0 aliphatic heterocycles. The van der Waals surface area contributed by atoms with E-state index in [1.165, 1.54) is 11.3 Å². The number of para-hydroxylation sites is 1. The lowest BCUT2D eigenvalue weighted by Gasteiger charge is -2.16. The van der Waals surface area contributed by atoms with Crippen molar-refractivity contribution in [1.82, 2.24) is 20.1 Å². The molecule has 4 rings (SSSR count). The maximum atomic E-state index is 12.6. The van der Waals surface area contributed by atoms with E-state index in [2.05, 4.69) is 15.4 Å². The van der Waals surface area contributed by atoms with Crippen molar-refractivity contribution in [1.29, 1.82) is 0 Å². The van der Waals surface area contributed by atoms with E-state index in [0.717, 1.165) is 27.9 Å². The van der Waals surface area contributed by atoms with Crippen molar-refractivity contribution in [3.05, 3.63) is 64.6 Å². The van der Waals surface area contributed by atoms with Gasteiger partial charge in [-0.2, -0.15) is 5.10 Å². The van der Waals surface area contributed by atoms with Gasteiger partial charge >= 0.3 is 0 Å². The summed E-state index contributed by atoms with van der Waals surface area (Å²) < 4.78 is 18.0. The lowest BCUT2D eigenvalue weighted by Crippen LogP contribution is -2.40. The Hall–Kier alpha value is -3.27. The largest absolute Gasteiger partial charge is 0.439 e. The molecule has 166 valence electrons. The molecule has 1 aromatic carbocycles. The highest BCUT2D eigenvalue weighted by Gasteiger charge is 2.17. The summed E-state index contributed by atoms with van der Waals surface area (Å²) >= 11 is 1.35. The number of carbonyl (C=O) groups is 1. The molecule has 4 aromatic rings. The highest BCUT2D eigenvalue weighted by molar-refractivity contribution is 7.12. The number of benzene rings is 1. The molecule has 32 heavy (non-hydrogen) atoms. The van der Waals surface area contributed by atoms with E-state index in [0.29, 0.717) is 24.0 Å². The lowest BCUT2D eigenvalue weighted by molar-refractivity contribution is 0.0782. The van der Waals surface area contributed by atoms with E-state index in [1.54, 1.807) is 37.4 Å². The van der Waals surface area contributed by atoms with Crippen molar-refractivity contribution in [2.45, 2.75) is 13.0 Å². The number of thiophene rings is 1. The van der Waals surface area contributed by atoms with Crippen LogP contribution in [0.15, 0.2) is 54.2 Å². The molecule has 0 radical (unpaired) electrons. The van der Waals surface area contributed by atoms with Crippen LogP contribution in [0.25, 0.3) is 16.6 Å². The summed E-state index contributed by atoms with van der Waals surface area (Å²) in [4.78, 5) is 17.6. The fraction of sp³-hybridized carbons (Fsp3) is 0.261.